The second-order valence-electron chi connectivity index (χ2n) is 5.44. The van der Waals surface area contributed by atoms with Crippen molar-refractivity contribution >= 4 is 10.1 Å². The minimum absolute atomic E-state index is 0.227. The largest absolute Gasteiger partial charge is 0.379 e. The van der Waals surface area contributed by atoms with Gasteiger partial charge in [-0.25, -0.2) is 0 Å². The molecule has 0 spiro atoms. The molecule has 0 N–H and O–H groups in total. The van der Waals surface area contributed by atoms with Crippen molar-refractivity contribution in [1.29, 1.82) is 0 Å². The number of hydrogen-bond acceptors (Lipinski definition) is 3. The van der Waals surface area contributed by atoms with E-state index in [0.717, 1.165) is 27.8 Å². The average Bonchev–Trinajstić information content (AvgIpc) is 2.39. The predicted octanol–water partition coefficient (Wildman–Crippen LogP) is 4.00. The Morgan fingerprint density at radius 2 is 1.48 bits per heavy atom. The predicted molar refractivity (Wildman–Crippen MR) is 84.4 cm³/mol. The smallest absolute Gasteiger partial charge is 0.339 e. The highest BCUT2D eigenvalue weighted by Crippen LogP contribution is 2.27. The van der Waals surface area contributed by atoms with Crippen LogP contribution in [0.1, 0.15) is 27.8 Å². The molecule has 2 aromatic carbocycles. The van der Waals surface area contributed by atoms with Crippen molar-refractivity contribution in [2.75, 3.05) is 0 Å². The molecule has 0 radical (unpaired) electrons. The summed E-state index contributed by atoms with van der Waals surface area (Å²) in [4.78, 5) is 0.227. The van der Waals surface area contributed by atoms with Crippen LogP contribution in [0.2, 0.25) is 0 Å². The lowest BCUT2D eigenvalue weighted by Crippen LogP contribution is -2.13. The summed E-state index contributed by atoms with van der Waals surface area (Å²) in [7, 11) is -3.82. The van der Waals surface area contributed by atoms with Crippen LogP contribution in [-0.4, -0.2) is 8.42 Å². The van der Waals surface area contributed by atoms with Gasteiger partial charge in [-0.1, -0.05) is 23.8 Å². The molecule has 2 aromatic rings. The molecular weight excluding hydrogens is 284 g/mol. The Labute approximate surface area is 126 Å². The van der Waals surface area contributed by atoms with Gasteiger partial charge in [0.2, 0.25) is 0 Å². The zero-order valence-corrected chi connectivity index (χ0v) is 13.8. The van der Waals surface area contributed by atoms with Crippen molar-refractivity contribution in [2.24, 2.45) is 0 Å². The van der Waals surface area contributed by atoms with E-state index in [1.807, 2.05) is 39.8 Å². The summed E-state index contributed by atoms with van der Waals surface area (Å²) in [6, 6.07) is 8.85. The van der Waals surface area contributed by atoms with E-state index in [1.165, 1.54) is 0 Å². The lowest BCUT2D eigenvalue weighted by molar-refractivity contribution is 0.483. The number of aryl methyl sites for hydroxylation is 3. The van der Waals surface area contributed by atoms with Crippen LogP contribution in [0.4, 0.5) is 0 Å². The summed E-state index contributed by atoms with van der Waals surface area (Å²) < 4.78 is 30.3. The van der Waals surface area contributed by atoms with Crippen LogP contribution in [0, 0.1) is 34.6 Å². The molecule has 0 atom stereocenters. The maximum absolute atomic E-state index is 12.5. The molecule has 112 valence electrons. The summed E-state index contributed by atoms with van der Waals surface area (Å²) in [5, 5.41) is 0. The van der Waals surface area contributed by atoms with Crippen LogP contribution in [0.5, 0.6) is 5.75 Å². The summed E-state index contributed by atoms with van der Waals surface area (Å²) in [5.74, 6) is 0.373. The number of benzene rings is 2. The molecular formula is C17H20O3S. The number of hydrogen-bond donors (Lipinski definition) is 0. The molecule has 3 nitrogen and oxygen atoms in total. The van der Waals surface area contributed by atoms with Gasteiger partial charge in [0, 0.05) is 0 Å². The Bertz CT molecular complexity index is 790. The highest BCUT2D eigenvalue weighted by atomic mass is 32.2. The highest BCUT2D eigenvalue weighted by Gasteiger charge is 2.21. The van der Waals surface area contributed by atoms with Crippen molar-refractivity contribution in [3.05, 3.63) is 58.1 Å². The molecule has 0 unspecified atom stereocenters. The monoisotopic (exact) mass is 304 g/mol. The molecule has 0 saturated carbocycles. The Morgan fingerprint density at radius 1 is 0.810 bits per heavy atom. The molecule has 0 bridgehead atoms. The van der Waals surface area contributed by atoms with Crippen molar-refractivity contribution in [3.63, 3.8) is 0 Å². The van der Waals surface area contributed by atoms with Gasteiger partial charge in [0.05, 0.1) is 0 Å². The topological polar surface area (TPSA) is 43.4 Å². The molecule has 21 heavy (non-hydrogen) atoms. The van der Waals surface area contributed by atoms with Gasteiger partial charge >= 0.3 is 10.1 Å². The van der Waals surface area contributed by atoms with Gasteiger partial charge in [-0.15, -0.1) is 0 Å². The fourth-order valence-corrected chi connectivity index (χ4v) is 3.53. The van der Waals surface area contributed by atoms with Gasteiger partial charge in [0.25, 0.3) is 0 Å². The fourth-order valence-electron chi connectivity index (χ4n) is 2.26. The van der Waals surface area contributed by atoms with E-state index in [0.29, 0.717) is 5.75 Å². The first kappa shape index (κ1) is 15.6. The quantitative estimate of drug-likeness (QED) is 0.805. The molecule has 0 heterocycles. The highest BCUT2D eigenvalue weighted by molar-refractivity contribution is 7.87. The maximum Gasteiger partial charge on any atom is 0.339 e. The summed E-state index contributed by atoms with van der Waals surface area (Å²) >= 11 is 0. The zero-order valence-electron chi connectivity index (χ0n) is 13.0. The van der Waals surface area contributed by atoms with Crippen LogP contribution in [0.25, 0.3) is 0 Å². The molecule has 0 fully saturated rings. The SMILES string of the molecule is Cc1ccc(OS(=O)(=O)c2ccc(C)c(C)c2C)c(C)c1. The molecule has 2 rings (SSSR count). The molecule has 0 aromatic heterocycles. The van der Waals surface area contributed by atoms with E-state index in [4.69, 9.17) is 4.18 Å². The molecule has 0 aliphatic rings. The fraction of sp³-hybridized carbons (Fsp3) is 0.294. The Morgan fingerprint density at radius 3 is 2.10 bits per heavy atom. The molecule has 0 aliphatic heterocycles. The standard InChI is InChI=1S/C17H20O3S/c1-11-6-8-16(13(3)10-11)20-21(18,19)17-9-7-12(2)14(4)15(17)5/h6-10H,1-5H3. The first-order valence-corrected chi connectivity index (χ1v) is 8.22. The lowest BCUT2D eigenvalue weighted by atomic mass is 10.1. The van der Waals surface area contributed by atoms with Crippen molar-refractivity contribution < 1.29 is 12.6 Å². The van der Waals surface area contributed by atoms with E-state index in [-0.39, 0.29) is 4.90 Å². The van der Waals surface area contributed by atoms with Gasteiger partial charge < -0.3 is 4.18 Å². The molecule has 0 saturated heterocycles. The van der Waals surface area contributed by atoms with E-state index >= 15 is 0 Å². The minimum atomic E-state index is -3.82. The zero-order chi connectivity index (χ0) is 15.8. The molecule has 0 aliphatic carbocycles. The Hall–Kier alpha value is -1.81. The average molecular weight is 304 g/mol. The summed E-state index contributed by atoms with van der Waals surface area (Å²) in [6.07, 6.45) is 0. The van der Waals surface area contributed by atoms with E-state index in [9.17, 15) is 8.42 Å². The third-order valence-electron chi connectivity index (χ3n) is 3.81. The van der Waals surface area contributed by atoms with Crippen molar-refractivity contribution in [1.82, 2.24) is 0 Å². The van der Waals surface area contributed by atoms with Crippen LogP contribution in [-0.2, 0) is 10.1 Å². The van der Waals surface area contributed by atoms with Crippen LogP contribution >= 0.6 is 0 Å². The minimum Gasteiger partial charge on any atom is -0.379 e. The van der Waals surface area contributed by atoms with Crippen LogP contribution < -0.4 is 4.18 Å². The molecule has 0 amide bonds. The normalized spacial score (nSPS) is 11.5. The summed E-state index contributed by atoms with van der Waals surface area (Å²) in [5.41, 5.74) is 4.65. The van der Waals surface area contributed by atoms with Gasteiger partial charge in [-0.3, -0.25) is 0 Å². The second kappa shape index (κ2) is 5.53. The second-order valence-corrected chi connectivity index (χ2v) is 6.95. The Balaban J connectivity index is 2.46. The summed E-state index contributed by atoms with van der Waals surface area (Å²) in [6.45, 7) is 9.48. The van der Waals surface area contributed by atoms with Crippen LogP contribution in [0.3, 0.4) is 0 Å². The van der Waals surface area contributed by atoms with Crippen molar-refractivity contribution in [2.45, 2.75) is 39.5 Å². The van der Waals surface area contributed by atoms with E-state index in [1.54, 1.807) is 25.1 Å². The third kappa shape index (κ3) is 3.10. The van der Waals surface area contributed by atoms with Gasteiger partial charge in [-0.05, 0) is 69.0 Å². The molecule has 4 heteroatoms. The van der Waals surface area contributed by atoms with Gasteiger partial charge in [0.1, 0.15) is 10.6 Å². The maximum atomic E-state index is 12.5. The van der Waals surface area contributed by atoms with Gasteiger partial charge in [-0.2, -0.15) is 8.42 Å². The lowest BCUT2D eigenvalue weighted by Gasteiger charge is -2.14. The third-order valence-corrected chi connectivity index (χ3v) is 5.19. The van der Waals surface area contributed by atoms with E-state index in [2.05, 4.69) is 0 Å². The Kier molecular flexibility index (Phi) is 4.10. The number of rotatable bonds is 3. The van der Waals surface area contributed by atoms with Crippen LogP contribution in [0.15, 0.2) is 35.2 Å². The van der Waals surface area contributed by atoms with Gasteiger partial charge in [0.15, 0.2) is 0 Å². The first-order chi connectivity index (χ1) is 9.72. The van der Waals surface area contributed by atoms with E-state index < -0.39 is 10.1 Å². The first-order valence-electron chi connectivity index (χ1n) is 6.81. The van der Waals surface area contributed by atoms with Crippen molar-refractivity contribution in [3.8, 4) is 5.75 Å².